The number of nitrogen functional groups attached to an aromatic ring is 1. The SMILES string of the molecule is Cl.Nc1ncc(-c2cnn(C3CCOCC3)c2)cc1-c1nc2ccccc2o1. The van der Waals surface area contributed by atoms with E-state index in [0.29, 0.717) is 23.3 Å². The molecule has 1 aliphatic rings. The Balaban J connectivity index is 0.00000192. The molecule has 0 saturated carbocycles. The first-order valence-corrected chi connectivity index (χ1v) is 9.02. The fraction of sp³-hybridized carbons (Fsp3) is 0.250. The number of fused-ring (bicyclic) bond motifs is 1. The number of anilines is 1. The highest BCUT2D eigenvalue weighted by atomic mass is 35.5. The van der Waals surface area contributed by atoms with E-state index < -0.39 is 0 Å². The number of pyridine rings is 1. The Kier molecular flexibility index (Phi) is 5.02. The number of halogens is 1. The summed E-state index contributed by atoms with van der Waals surface area (Å²) in [6.07, 6.45) is 7.63. The summed E-state index contributed by atoms with van der Waals surface area (Å²) in [4.78, 5) is 8.88. The van der Waals surface area contributed by atoms with Gasteiger partial charge in [0.2, 0.25) is 5.89 Å². The molecule has 1 fully saturated rings. The van der Waals surface area contributed by atoms with Crippen LogP contribution < -0.4 is 5.73 Å². The first kappa shape index (κ1) is 18.5. The average molecular weight is 398 g/mol. The second-order valence-corrected chi connectivity index (χ2v) is 6.70. The van der Waals surface area contributed by atoms with Crippen LogP contribution in [0.1, 0.15) is 18.9 Å². The van der Waals surface area contributed by atoms with Gasteiger partial charge in [0.25, 0.3) is 0 Å². The summed E-state index contributed by atoms with van der Waals surface area (Å²) >= 11 is 0. The fourth-order valence-corrected chi connectivity index (χ4v) is 3.43. The summed E-state index contributed by atoms with van der Waals surface area (Å²) in [6.45, 7) is 1.57. The largest absolute Gasteiger partial charge is 0.436 e. The molecule has 4 heterocycles. The van der Waals surface area contributed by atoms with Crippen molar-refractivity contribution in [3.8, 4) is 22.6 Å². The van der Waals surface area contributed by atoms with Gasteiger partial charge in [-0.1, -0.05) is 12.1 Å². The molecular formula is C20H20ClN5O2. The maximum atomic E-state index is 6.10. The lowest BCUT2D eigenvalue weighted by molar-refractivity contribution is 0.0662. The van der Waals surface area contributed by atoms with Gasteiger partial charge in [-0.25, -0.2) is 9.97 Å². The number of rotatable bonds is 3. The molecule has 3 aromatic heterocycles. The van der Waals surface area contributed by atoms with Crippen LogP contribution in [0.3, 0.4) is 0 Å². The number of oxazole rings is 1. The highest BCUT2D eigenvalue weighted by molar-refractivity contribution is 5.85. The third kappa shape index (κ3) is 3.34. The number of ether oxygens (including phenoxy) is 1. The zero-order valence-electron chi connectivity index (χ0n) is 15.1. The van der Waals surface area contributed by atoms with E-state index in [0.717, 1.165) is 48.3 Å². The maximum Gasteiger partial charge on any atom is 0.231 e. The van der Waals surface area contributed by atoms with E-state index in [-0.39, 0.29) is 12.4 Å². The lowest BCUT2D eigenvalue weighted by Crippen LogP contribution is -2.19. The van der Waals surface area contributed by atoms with E-state index >= 15 is 0 Å². The number of hydrogen-bond acceptors (Lipinski definition) is 6. The third-order valence-corrected chi connectivity index (χ3v) is 4.94. The Hall–Kier alpha value is -2.90. The average Bonchev–Trinajstić information content (AvgIpc) is 3.36. The minimum Gasteiger partial charge on any atom is -0.436 e. The molecule has 1 aliphatic heterocycles. The molecule has 0 amide bonds. The summed E-state index contributed by atoms with van der Waals surface area (Å²) in [5, 5.41) is 4.54. The predicted molar refractivity (Wildman–Crippen MR) is 109 cm³/mol. The van der Waals surface area contributed by atoms with Crippen molar-refractivity contribution in [2.75, 3.05) is 18.9 Å². The maximum absolute atomic E-state index is 6.10. The van der Waals surface area contributed by atoms with Gasteiger partial charge in [-0.05, 0) is 31.0 Å². The monoisotopic (exact) mass is 397 g/mol. The highest BCUT2D eigenvalue weighted by Gasteiger charge is 2.18. The van der Waals surface area contributed by atoms with Crippen LogP contribution in [0.15, 0.2) is 53.3 Å². The molecule has 0 aliphatic carbocycles. The zero-order chi connectivity index (χ0) is 18.2. The predicted octanol–water partition coefficient (Wildman–Crippen LogP) is 4.11. The Morgan fingerprint density at radius 2 is 1.89 bits per heavy atom. The first-order chi connectivity index (χ1) is 13.3. The number of hydrogen-bond donors (Lipinski definition) is 1. The minimum absolute atomic E-state index is 0. The molecule has 2 N–H and O–H groups in total. The molecule has 4 aromatic rings. The van der Waals surface area contributed by atoms with Gasteiger partial charge in [-0.2, -0.15) is 5.10 Å². The first-order valence-electron chi connectivity index (χ1n) is 9.02. The molecule has 8 heteroatoms. The van der Waals surface area contributed by atoms with Gasteiger partial charge >= 0.3 is 0 Å². The third-order valence-electron chi connectivity index (χ3n) is 4.94. The lowest BCUT2D eigenvalue weighted by Gasteiger charge is -2.22. The van der Waals surface area contributed by atoms with Gasteiger partial charge in [-0.15, -0.1) is 12.4 Å². The molecule has 0 atom stereocenters. The minimum atomic E-state index is 0. The van der Waals surface area contributed by atoms with Crippen LogP contribution in [0.25, 0.3) is 33.7 Å². The van der Waals surface area contributed by atoms with E-state index in [1.54, 1.807) is 6.20 Å². The van der Waals surface area contributed by atoms with Crippen molar-refractivity contribution in [1.82, 2.24) is 19.7 Å². The standard InChI is InChI=1S/C20H19N5O2.ClH/c21-19-16(20-24-17-3-1-2-4-18(17)27-20)9-13(10-22-19)14-11-23-25(12-14)15-5-7-26-8-6-15;/h1-4,9-12,15H,5-8H2,(H2,21,22);1H. The van der Waals surface area contributed by atoms with Crippen molar-refractivity contribution in [2.24, 2.45) is 0 Å². The summed E-state index contributed by atoms with van der Waals surface area (Å²) in [5.41, 5.74) is 10.2. The zero-order valence-corrected chi connectivity index (χ0v) is 15.9. The van der Waals surface area contributed by atoms with Gasteiger partial charge < -0.3 is 14.9 Å². The molecule has 0 unspecified atom stereocenters. The van der Waals surface area contributed by atoms with Gasteiger partial charge in [0.1, 0.15) is 11.3 Å². The van der Waals surface area contributed by atoms with Gasteiger partial charge in [-0.3, -0.25) is 4.68 Å². The Morgan fingerprint density at radius 3 is 2.71 bits per heavy atom. The Labute approximate surface area is 167 Å². The fourth-order valence-electron chi connectivity index (χ4n) is 3.43. The molecule has 144 valence electrons. The van der Waals surface area contributed by atoms with E-state index in [4.69, 9.17) is 14.9 Å². The molecule has 7 nitrogen and oxygen atoms in total. The number of nitrogens with zero attached hydrogens (tertiary/aromatic N) is 4. The molecular weight excluding hydrogens is 378 g/mol. The van der Waals surface area contributed by atoms with E-state index in [2.05, 4.69) is 21.3 Å². The smallest absolute Gasteiger partial charge is 0.231 e. The molecule has 0 radical (unpaired) electrons. The van der Waals surface area contributed by atoms with Gasteiger partial charge in [0.15, 0.2) is 5.58 Å². The summed E-state index contributed by atoms with van der Waals surface area (Å²) in [6, 6.07) is 9.98. The van der Waals surface area contributed by atoms with Crippen molar-refractivity contribution in [1.29, 1.82) is 0 Å². The van der Waals surface area contributed by atoms with Crippen LogP contribution in [0.5, 0.6) is 0 Å². The van der Waals surface area contributed by atoms with Crippen molar-refractivity contribution < 1.29 is 9.15 Å². The van der Waals surface area contributed by atoms with Crippen LogP contribution in [0, 0.1) is 0 Å². The van der Waals surface area contributed by atoms with Crippen LogP contribution in [0.4, 0.5) is 5.82 Å². The van der Waals surface area contributed by atoms with E-state index in [9.17, 15) is 0 Å². The van der Waals surface area contributed by atoms with Crippen molar-refractivity contribution in [3.05, 3.63) is 48.9 Å². The number of nitrogens with two attached hydrogens (primary N) is 1. The van der Waals surface area contributed by atoms with Crippen LogP contribution >= 0.6 is 12.4 Å². The van der Waals surface area contributed by atoms with Crippen LogP contribution in [0.2, 0.25) is 0 Å². The quantitative estimate of drug-likeness (QED) is 0.559. The van der Waals surface area contributed by atoms with Crippen molar-refractivity contribution >= 4 is 29.3 Å². The summed E-state index contributed by atoms with van der Waals surface area (Å²) in [5.74, 6) is 0.863. The van der Waals surface area contributed by atoms with Gasteiger partial charge in [0, 0.05) is 36.7 Å². The topological polar surface area (TPSA) is 92.0 Å². The number of benzene rings is 1. The van der Waals surface area contributed by atoms with Crippen molar-refractivity contribution in [2.45, 2.75) is 18.9 Å². The normalized spacial score (nSPS) is 14.9. The van der Waals surface area contributed by atoms with E-state index in [1.165, 1.54) is 0 Å². The Morgan fingerprint density at radius 1 is 1.07 bits per heavy atom. The second-order valence-electron chi connectivity index (χ2n) is 6.70. The van der Waals surface area contributed by atoms with Crippen LogP contribution in [-0.2, 0) is 4.74 Å². The molecule has 28 heavy (non-hydrogen) atoms. The lowest BCUT2D eigenvalue weighted by atomic mass is 10.1. The number of para-hydroxylation sites is 2. The Bertz CT molecular complexity index is 1070. The van der Waals surface area contributed by atoms with Gasteiger partial charge in [0.05, 0.1) is 17.8 Å². The molecule has 1 saturated heterocycles. The molecule has 1 aromatic carbocycles. The second kappa shape index (κ2) is 7.61. The molecule has 0 bridgehead atoms. The highest BCUT2D eigenvalue weighted by Crippen LogP contribution is 2.31. The molecule has 5 rings (SSSR count). The molecule has 0 spiro atoms. The summed E-state index contributed by atoms with van der Waals surface area (Å²) < 4.78 is 13.3. The van der Waals surface area contributed by atoms with Crippen LogP contribution in [-0.4, -0.2) is 33.0 Å². The van der Waals surface area contributed by atoms with E-state index in [1.807, 2.05) is 41.2 Å². The van der Waals surface area contributed by atoms with Crippen molar-refractivity contribution in [3.63, 3.8) is 0 Å². The number of aromatic nitrogens is 4. The summed E-state index contributed by atoms with van der Waals surface area (Å²) in [7, 11) is 0.